The van der Waals surface area contributed by atoms with Gasteiger partial charge in [-0.15, -0.1) is 11.3 Å². The maximum absolute atomic E-state index is 5.96. The lowest BCUT2D eigenvalue weighted by Gasteiger charge is -2.44. The van der Waals surface area contributed by atoms with Crippen LogP contribution in [0.15, 0.2) is 17.5 Å². The zero-order valence-corrected chi connectivity index (χ0v) is 13.3. The molecule has 1 fully saturated rings. The average Bonchev–Trinajstić information content (AvgIpc) is 2.79. The molecule has 0 amide bonds. The number of nitrogens with one attached hydrogen (secondary N) is 1. The van der Waals surface area contributed by atoms with Crippen molar-refractivity contribution in [3.8, 4) is 0 Å². The Morgan fingerprint density at radius 2 is 2.37 bits per heavy atom. The molecule has 0 spiro atoms. The summed E-state index contributed by atoms with van der Waals surface area (Å²) in [5, 5.41) is 5.69. The maximum Gasteiger partial charge on any atom is 0.0757 e. The molecule has 1 saturated heterocycles. The van der Waals surface area contributed by atoms with Gasteiger partial charge in [-0.25, -0.2) is 0 Å². The Hall–Kier alpha value is -0.420. The molecule has 0 aliphatic carbocycles. The summed E-state index contributed by atoms with van der Waals surface area (Å²) < 4.78 is 5.96. The number of rotatable bonds is 5. The Labute approximate surface area is 121 Å². The fourth-order valence-electron chi connectivity index (χ4n) is 2.79. The van der Waals surface area contributed by atoms with Gasteiger partial charge in [0.05, 0.1) is 11.7 Å². The average molecular weight is 282 g/mol. The van der Waals surface area contributed by atoms with Crippen molar-refractivity contribution in [2.45, 2.75) is 52.0 Å². The smallest absolute Gasteiger partial charge is 0.0757 e. The van der Waals surface area contributed by atoms with Gasteiger partial charge in [0.1, 0.15) is 0 Å². The number of ether oxygens (including phenoxy) is 1. The third-order valence-electron chi connectivity index (χ3n) is 3.54. The van der Waals surface area contributed by atoms with Gasteiger partial charge in [0.25, 0.3) is 0 Å². The van der Waals surface area contributed by atoms with Crippen molar-refractivity contribution in [1.82, 2.24) is 10.2 Å². The van der Waals surface area contributed by atoms with E-state index >= 15 is 0 Å². The molecule has 1 aromatic heterocycles. The Morgan fingerprint density at radius 3 is 3.00 bits per heavy atom. The fourth-order valence-corrected chi connectivity index (χ4v) is 3.46. The Kier molecular flexibility index (Phi) is 5.01. The van der Waals surface area contributed by atoms with E-state index in [1.54, 1.807) is 0 Å². The van der Waals surface area contributed by atoms with Crippen LogP contribution in [0, 0.1) is 0 Å². The van der Waals surface area contributed by atoms with Crippen LogP contribution in [0.3, 0.4) is 0 Å². The van der Waals surface area contributed by atoms with Gasteiger partial charge in [-0.3, -0.25) is 4.90 Å². The summed E-state index contributed by atoms with van der Waals surface area (Å²) in [7, 11) is 0. The first-order valence-electron chi connectivity index (χ1n) is 7.11. The molecule has 1 aromatic rings. The highest BCUT2D eigenvalue weighted by Gasteiger charge is 2.33. The molecule has 19 heavy (non-hydrogen) atoms. The van der Waals surface area contributed by atoms with Gasteiger partial charge in [-0.05, 0) is 39.1 Å². The van der Waals surface area contributed by atoms with E-state index in [9.17, 15) is 0 Å². The molecule has 2 atom stereocenters. The predicted octanol–water partition coefficient (Wildman–Crippen LogP) is 2.73. The van der Waals surface area contributed by atoms with E-state index in [0.717, 1.165) is 26.2 Å². The first-order chi connectivity index (χ1) is 8.96. The van der Waals surface area contributed by atoms with Crippen molar-refractivity contribution in [2.75, 3.05) is 19.6 Å². The normalized spacial score (nSPS) is 25.4. The summed E-state index contributed by atoms with van der Waals surface area (Å²) >= 11 is 1.81. The number of morpholine rings is 1. The van der Waals surface area contributed by atoms with Gasteiger partial charge in [0, 0.05) is 37.1 Å². The van der Waals surface area contributed by atoms with E-state index < -0.39 is 0 Å². The van der Waals surface area contributed by atoms with E-state index in [1.165, 1.54) is 4.88 Å². The highest BCUT2D eigenvalue weighted by molar-refractivity contribution is 7.09. The first kappa shape index (κ1) is 15.0. The lowest BCUT2D eigenvalue weighted by Crippen LogP contribution is -2.56. The highest BCUT2D eigenvalue weighted by atomic mass is 32.1. The van der Waals surface area contributed by atoms with E-state index in [0.29, 0.717) is 12.1 Å². The zero-order valence-electron chi connectivity index (χ0n) is 12.5. The molecule has 2 unspecified atom stereocenters. The van der Waals surface area contributed by atoms with Crippen LogP contribution >= 0.6 is 11.3 Å². The SMILES string of the molecule is CC1CN(C(C)CNCc2cccs2)CC(C)(C)O1. The van der Waals surface area contributed by atoms with Crippen LogP contribution < -0.4 is 5.32 Å². The quantitative estimate of drug-likeness (QED) is 0.899. The van der Waals surface area contributed by atoms with Crippen LogP contribution in [-0.2, 0) is 11.3 Å². The molecule has 1 N–H and O–H groups in total. The molecule has 0 aromatic carbocycles. The number of thiophene rings is 1. The highest BCUT2D eigenvalue weighted by Crippen LogP contribution is 2.22. The summed E-state index contributed by atoms with van der Waals surface area (Å²) in [4.78, 5) is 3.94. The number of nitrogens with zero attached hydrogens (tertiary/aromatic N) is 1. The van der Waals surface area contributed by atoms with Crippen LogP contribution in [0.5, 0.6) is 0 Å². The van der Waals surface area contributed by atoms with Gasteiger partial charge < -0.3 is 10.1 Å². The van der Waals surface area contributed by atoms with Crippen LogP contribution in [-0.4, -0.2) is 42.3 Å². The molecule has 1 aliphatic rings. The van der Waals surface area contributed by atoms with Gasteiger partial charge in [-0.2, -0.15) is 0 Å². The third-order valence-corrected chi connectivity index (χ3v) is 4.41. The molecule has 108 valence electrons. The largest absolute Gasteiger partial charge is 0.370 e. The zero-order chi connectivity index (χ0) is 13.9. The molecule has 0 radical (unpaired) electrons. The number of hydrogen-bond acceptors (Lipinski definition) is 4. The molecule has 4 heteroatoms. The van der Waals surface area contributed by atoms with Crippen LogP contribution in [0.2, 0.25) is 0 Å². The first-order valence-corrected chi connectivity index (χ1v) is 7.99. The van der Waals surface area contributed by atoms with E-state index in [4.69, 9.17) is 4.74 Å². The summed E-state index contributed by atoms with van der Waals surface area (Å²) in [5.74, 6) is 0. The Morgan fingerprint density at radius 1 is 1.58 bits per heavy atom. The van der Waals surface area contributed by atoms with E-state index in [2.05, 4.69) is 55.4 Å². The monoisotopic (exact) mass is 282 g/mol. The van der Waals surface area contributed by atoms with Gasteiger partial charge in [0.2, 0.25) is 0 Å². The molecule has 0 bridgehead atoms. The Bertz CT molecular complexity index is 378. The van der Waals surface area contributed by atoms with Gasteiger partial charge >= 0.3 is 0 Å². The second-order valence-corrected chi connectivity index (χ2v) is 7.21. The van der Waals surface area contributed by atoms with Crippen LogP contribution in [0.4, 0.5) is 0 Å². The summed E-state index contributed by atoms with van der Waals surface area (Å²) in [6.07, 6.45) is 0.323. The van der Waals surface area contributed by atoms with Crippen molar-refractivity contribution in [3.05, 3.63) is 22.4 Å². The molecular formula is C15H26N2OS. The minimum Gasteiger partial charge on any atom is -0.370 e. The number of hydrogen-bond donors (Lipinski definition) is 1. The molecule has 3 nitrogen and oxygen atoms in total. The lowest BCUT2D eigenvalue weighted by atomic mass is 10.0. The molecule has 2 heterocycles. The van der Waals surface area contributed by atoms with Crippen molar-refractivity contribution in [3.63, 3.8) is 0 Å². The van der Waals surface area contributed by atoms with Gasteiger partial charge in [0.15, 0.2) is 0 Å². The second kappa shape index (κ2) is 6.35. The topological polar surface area (TPSA) is 24.5 Å². The standard InChI is InChI=1S/C15H26N2OS/c1-12(8-16-9-14-6-5-7-19-14)17-10-13(2)18-15(3,4)11-17/h5-7,12-13,16H,8-11H2,1-4H3. The minimum absolute atomic E-state index is 0.0281. The van der Waals surface area contributed by atoms with E-state index in [1.807, 2.05) is 11.3 Å². The van der Waals surface area contributed by atoms with Crippen molar-refractivity contribution >= 4 is 11.3 Å². The lowest BCUT2D eigenvalue weighted by molar-refractivity contribution is -0.136. The maximum atomic E-state index is 5.96. The second-order valence-electron chi connectivity index (χ2n) is 6.18. The Balaban J connectivity index is 1.77. The van der Waals surface area contributed by atoms with Gasteiger partial charge in [-0.1, -0.05) is 6.07 Å². The third kappa shape index (κ3) is 4.56. The van der Waals surface area contributed by atoms with E-state index in [-0.39, 0.29) is 5.60 Å². The van der Waals surface area contributed by atoms with Crippen LogP contribution in [0.25, 0.3) is 0 Å². The minimum atomic E-state index is -0.0281. The molecule has 0 saturated carbocycles. The fraction of sp³-hybridized carbons (Fsp3) is 0.733. The van der Waals surface area contributed by atoms with Crippen molar-refractivity contribution in [2.24, 2.45) is 0 Å². The summed E-state index contributed by atoms with van der Waals surface area (Å²) in [5.41, 5.74) is -0.0281. The summed E-state index contributed by atoms with van der Waals surface area (Å²) in [6.45, 7) is 12.9. The van der Waals surface area contributed by atoms with Crippen molar-refractivity contribution < 1.29 is 4.74 Å². The summed E-state index contributed by atoms with van der Waals surface area (Å²) in [6, 6.07) is 4.84. The van der Waals surface area contributed by atoms with Crippen LogP contribution in [0.1, 0.15) is 32.6 Å². The molecular weight excluding hydrogens is 256 g/mol. The van der Waals surface area contributed by atoms with Crippen molar-refractivity contribution in [1.29, 1.82) is 0 Å². The molecule has 1 aliphatic heterocycles. The predicted molar refractivity (Wildman–Crippen MR) is 81.7 cm³/mol. The molecule has 2 rings (SSSR count).